The number of aryl methyl sites for hydroxylation is 1. The van der Waals surface area contributed by atoms with Gasteiger partial charge in [0.15, 0.2) is 11.6 Å². The molecule has 4 rings (SSSR count). The molecule has 0 bridgehead atoms. The Morgan fingerprint density at radius 1 is 1.38 bits per heavy atom. The van der Waals surface area contributed by atoms with E-state index in [1.165, 1.54) is 11.3 Å². The van der Waals surface area contributed by atoms with Crippen molar-refractivity contribution in [2.45, 2.75) is 31.8 Å². The number of rotatable bonds is 3. The van der Waals surface area contributed by atoms with E-state index in [1.807, 2.05) is 25.1 Å². The van der Waals surface area contributed by atoms with Crippen molar-refractivity contribution in [3.05, 3.63) is 39.2 Å². The summed E-state index contributed by atoms with van der Waals surface area (Å²) in [6.45, 7) is 4.22. The lowest BCUT2D eigenvalue weighted by Gasteiger charge is -2.44. The van der Waals surface area contributed by atoms with Crippen LogP contribution < -0.4 is 9.64 Å². The third-order valence-electron chi connectivity index (χ3n) is 5.25. The van der Waals surface area contributed by atoms with E-state index in [-0.39, 0.29) is 5.60 Å². The summed E-state index contributed by atoms with van der Waals surface area (Å²) in [7, 11) is 1.66. The Balaban J connectivity index is 1.60. The van der Waals surface area contributed by atoms with E-state index < -0.39 is 5.97 Å². The molecule has 7 heteroatoms. The number of aromatic nitrogens is 1. The minimum Gasteiger partial charge on any atom is -0.493 e. The van der Waals surface area contributed by atoms with Crippen molar-refractivity contribution in [1.29, 1.82) is 0 Å². The smallest absolute Gasteiger partial charge is 0.345 e. The predicted octanol–water partition coefficient (Wildman–Crippen LogP) is 3.23. The summed E-state index contributed by atoms with van der Waals surface area (Å²) < 4.78 is 11.7. The maximum absolute atomic E-state index is 11.4. The number of fused-ring (bicyclic) bond motifs is 2. The average Bonchev–Trinajstić information content (AvgIpc) is 3.09. The second kappa shape index (κ2) is 6.55. The Hall–Kier alpha value is -2.12. The van der Waals surface area contributed by atoms with Gasteiger partial charge in [-0.1, -0.05) is 0 Å². The van der Waals surface area contributed by atoms with Crippen LogP contribution >= 0.6 is 11.3 Å². The fourth-order valence-corrected chi connectivity index (χ4v) is 5.14. The van der Waals surface area contributed by atoms with Crippen LogP contribution in [0.25, 0.3) is 0 Å². The molecule has 1 spiro atoms. The van der Waals surface area contributed by atoms with Crippen molar-refractivity contribution in [3.8, 4) is 5.75 Å². The van der Waals surface area contributed by atoms with Gasteiger partial charge in [-0.2, -0.15) is 0 Å². The first-order chi connectivity index (χ1) is 12.5. The first kappa shape index (κ1) is 17.3. The maximum atomic E-state index is 11.4. The molecule has 2 aromatic heterocycles. The van der Waals surface area contributed by atoms with Crippen LogP contribution in [0.15, 0.2) is 18.2 Å². The van der Waals surface area contributed by atoms with Crippen molar-refractivity contribution >= 4 is 23.1 Å². The van der Waals surface area contributed by atoms with Crippen LogP contribution in [0.5, 0.6) is 5.75 Å². The Labute approximate surface area is 156 Å². The van der Waals surface area contributed by atoms with Gasteiger partial charge >= 0.3 is 5.97 Å². The van der Waals surface area contributed by atoms with Crippen LogP contribution in [0.3, 0.4) is 0 Å². The van der Waals surface area contributed by atoms with Gasteiger partial charge in [0, 0.05) is 23.7 Å². The third kappa shape index (κ3) is 2.85. The second-order valence-corrected chi connectivity index (χ2v) is 7.88. The van der Waals surface area contributed by atoms with E-state index in [9.17, 15) is 9.90 Å². The summed E-state index contributed by atoms with van der Waals surface area (Å²) in [5.41, 5.74) is 1.74. The fourth-order valence-electron chi connectivity index (χ4n) is 3.89. The van der Waals surface area contributed by atoms with Crippen molar-refractivity contribution in [3.63, 3.8) is 0 Å². The molecule has 2 aliphatic rings. The molecule has 1 saturated heterocycles. The van der Waals surface area contributed by atoms with E-state index in [0.717, 1.165) is 60.1 Å². The lowest BCUT2D eigenvalue weighted by molar-refractivity contribution is -0.0736. The number of nitrogens with zero attached hydrogens (tertiary/aromatic N) is 2. The van der Waals surface area contributed by atoms with Gasteiger partial charge in [0.05, 0.1) is 13.7 Å². The standard InChI is InChI=1S/C19H22N2O4S/c1-12-3-4-14(24-2)17(20-12)21-8-6-19(7-9-21)16-13(5-10-25-19)11-15(26-16)18(22)23/h3-4,11H,5-10H2,1-2H3,(H,22,23). The molecule has 0 unspecified atom stereocenters. The molecule has 0 radical (unpaired) electrons. The Morgan fingerprint density at radius 2 is 2.15 bits per heavy atom. The number of piperidine rings is 1. The third-order valence-corrected chi connectivity index (χ3v) is 6.60. The van der Waals surface area contributed by atoms with E-state index >= 15 is 0 Å². The molecule has 0 aliphatic carbocycles. The number of anilines is 1. The summed E-state index contributed by atoms with van der Waals surface area (Å²) >= 11 is 1.37. The van der Waals surface area contributed by atoms with Gasteiger partial charge in [0.1, 0.15) is 10.5 Å². The zero-order valence-corrected chi connectivity index (χ0v) is 15.8. The SMILES string of the molecule is COc1ccc(C)nc1N1CCC2(CC1)OCCc1cc(C(=O)O)sc12. The zero-order chi connectivity index (χ0) is 18.3. The molecule has 6 nitrogen and oxygen atoms in total. The Morgan fingerprint density at radius 3 is 2.85 bits per heavy atom. The molecule has 4 heterocycles. The van der Waals surface area contributed by atoms with Crippen molar-refractivity contribution in [1.82, 2.24) is 4.98 Å². The molecule has 0 aromatic carbocycles. The molecule has 2 aliphatic heterocycles. The van der Waals surface area contributed by atoms with Gasteiger partial charge < -0.3 is 19.5 Å². The van der Waals surface area contributed by atoms with E-state index in [1.54, 1.807) is 7.11 Å². The summed E-state index contributed by atoms with van der Waals surface area (Å²) in [5.74, 6) is 0.794. The minimum absolute atomic E-state index is 0.362. The first-order valence-corrected chi connectivity index (χ1v) is 9.61. The van der Waals surface area contributed by atoms with Gasteiger partial charge in [-0.05, 0) is 49.9 Å². The van der Waals surface area contributed by atoms with Crippen molar-refractivity contribution < 1.29 is 19.4 Å². The van der Waals surface area contributed by atoms with E-state index in [0.29, 0.717) is 11.5 Å². The number of aromatic carboxylic acids is 1. The second-order valence-electron chi connectivity index (χ2n) is 6.83. The number of carbonyl (C=O) groups is 1. The molecule has 138 valence electrons. The number of hydrogen-bond acceptors (Lipinski definition) is 6. The van der Waals surface area contributed by atoms with Gasteiger partial charge in [-0.15, -0.1) is 11.3 Å². The summed E-state index contributed by atoms with van der Waals surface area (Å²) in [4.78, 5) is 19.8. The quantitative estimate of drug-likeness (QED) is 0.889. The molecular formula is C19H22N2O4S. The van der Waals surface area contributed by atoms with Gasteiger partial charge in [0.2, 0.25) is 0 Å². The number of hydrogen-bond donors (Lipinski definition) is 1. The van der Waals surface area contributed by atoms with Crippen LogP contribution in [-0.2, 0) is 16.8 Å². The summed E-state index contributed by atoms with van der Waals surface area (Å²) in [5, 5.41) is 9.33. The van der Waals surface area contributed by atoms with Crippen LogP contribution in [0, 0.1) is 6.92 Å². The van der Waals surface area contributed by atoms with Gasteiger partial charge in [-0.25, -0.2) is 9.78 Å². The highest BCUT2D eigenvalue weighted by Gasteiger charge is 2.43. The predicted molar refractivity (Wildman–Crippen MR) is 99.6 cm³/mol. The average molecular weight is 374 g/mol. The zero-order valence-electron chi connectivity index (χ0n) is 14.9. The largest absolute Gasteiger partial charge is 0.493 e. The van der Waals surface area contributed by atoms with Crippen molar-refractivity contribution in [2.24, 2.45) is 0 Å². The molecule has 2 aromatic rings. The number of carboxylic acid groups (broad SMARTS) is 1. The monoisotopic (exact) mass is 374 g/mol. The van der Waals surface area contributed by atoms with Crippen LogP contribution in [0.2, 0.25) is 0 Å². The topological polar surface area (TPSA) is 71.9 Å². The number of pyridine rings is 1. The molecule has 1 N–H and O–H groups in total. The first-order valence-electron chi connectivity index (χ1n) is 8.79. The normalized spacial score (nSPS) is 18.6. The number of thiophene rings is 1. The molecule has 0 amide bonds. The highest BCUT2D eigenvalue weighted by Crippen LogP contribution is 2.46. The summed E-state index contributed by atoms with van der Waals surface area (Å²) in [6, 6.07) is 5.73. The van der Waals surface area contributed by atoms with E-state index in [4.69, 9.17) is 9.47 Å². The highest BCUT2D eigenvalue weighted by molar-refractivity contribution is 7.14. The molecular weight excluding hydrogens is 352 g/mol. The molecule has 0 atom stereocenters. The number of carboxylic acids is 1. The van der Waals surface area contributed by atoms with Crippen LogP contribution in [-0.4, -0.2) is 42.9 Å². The minimum atomic E-state index is -0.856. The molecule has 0 saturated carbocycles. The molecule has 26 heavy (non-hydrogen) atoms. The fraction of sp³-hybridized carbons (Fsp3) is 0.474. The lowest BCUT2D eigenvalue weighted by atomic mass is 9.85. The van der Waals surface area contributed by atoms with Gasteiger partial charge in [-0.3, -0.25) is 0 Å². The lowest BCUT2D eigenvalue weighted by Crippen LogP contribution is -2.46. The number of methoxy groups -OCH3 is 1. The van der Waals surface area contributed by atoms with E-state index in [2.05, 4.69) is 9.88 Å². The molecule has 1 fully saturated rings. The van der Waals surface area contributed by atoms with Gasteiger partial charge in [0.25, 0.3) is 0 Å². The van der Waals surface area contributed by atoms with Crippen molar-refractivity contribution in [2.75, 3.05) is 31.7 Å². The highest BCUT2D eigenvalue weighted by atomic mass is 32.1. The Kier molecular flexibility index (Phi) is 4.36. The maximum Gasteiger partial charge on any atom is 0.345 e. The Bertz CT molecular complexity index is 840. The summed E-state index contributed by atoms with van der Waals surface area (Å²) in [6.07, 6.45) is 2.43. The van der Waals surface area contributed by atoms with Crippen LogP contribution in [0.1, 0.15) is 38.6 Å². The number of ether oxygens (including phenoxy) is 2. The van der Waals surface area contributed by atoms with Crippen LogP contribution in [0.4, 0.5) is 5.82 Å².